The molecule has 28 heavy (non-hydrogen) atoms. The van der Waals surface area contributed by atoms with Gasteiger partial charge in [-0.05, 0) is 69.8 Å². The van der Waals surface area contributed by atoms with Crippen LogP contribution in [-0.4, -0.2) is 43.0 Å². The molecule has 148 valence electrons. The SMILES string of the molecule is Cc1cc(C)c(CC(=O)N(CCN(C)C)c2nc3ccc(F)cc3s2)c(C)c1. The number of rotatable bonds is 6. The average Bonchev–Trinajstić information content (AvgIpc) is 3.00. The summed E-state index contributed by atoms with van der Waals surface area (Å²) in [6, 6.07) is 8.75. The first-order chi connectivity index (χ1) is 13.2. The number of thiazole rings is 1. The summed E-state index contributed by atoms with van der Waals surface area (Å²) in [5.41, 5.74) is 5.24. The van der Waals surface area contributed by atoms with E-state index in [1.54, 1.807) is 11.0 Å². The molecule has 4 nitrogen and oxygen atoms in total. The Bertz CT molecular complexity index is 989. The molecule has 0 N–H and O–H groups in total. The molecular formula is C22H26FN3OS. The molecule has 6 heteroatoms. The van der Waals surface area contributed by atoms with Crippen LogP contribution in [0.2, 0.25) is 0 Å². The summed E-state index contributed by atoms with van der Waals surface area (Å²) in [6.45, 7) is 7.43. The van der Waals surface area contributed by atoms with Crippen LogP contribution in [0.5, 0.6) is 0 Å². The number of hydrogen-bond acceptors (Lipinski definition) is 4. The van der Waals surface area contributed by atoms with Crippen molar-refractivity contribution < 1.29 is 9.18 Å². The third-order valence-corrected chi connectivity index (χ3v) is 5.85. The minimum atomic E-state index is -0.292. The molecule has 3 rings (SSSR count). The molecule has 0 unspecified atom stereocenters. The van der Waals surface area contributed by atoms with Crippen molar-refractivity contribution in [2.75, 3.05) is 32.1 Å². The van der Waals surface area contributed by atoms with Gasteiger partial charge >= 0.3 is 0 Å². The molecule has 1 aromatic heterocycles. The number of benzene rings is 2. The summed E-state index contributed by atoms with van der Waals surface area (Å²) in [7, 11) is 3.95. The van der Waals surface area contributed by atoms with Gasteiger partial charge in [0, 0.05) is 13.1 Å². The van der Waals surface area contributed by atoms with Crippen LogP contribution < -0.4 is 4.90 Å². The highest BCUT2D eigenvalue weighted by Gasteiger charge is 2.21. The Morgan fingerprint density at radius 3 is 2.39 bits per heavy atom. The van der Waals surface area contributed by atoms with E-state index in [1.807, 2.05) is 32.8 Å². The fourth-order valence-electron chi connectivity index (χ4n) is 3.36. The van der Waals surface area contributed by atoms with Crippen molar-refractivity contribution in [2.45, 2.75) is 27.2 Å². The third kappa shape index (κ3) is 4.56. The van der Waals surface area contributed by atoms with E-state index in [0.717, 1.165) is 27.9 Å². The second-order valence-corrected chi connectivity index (χ2v) is 8.52. The topological polar surface area (TPSA) is 36.4 Å². The average molecular weight is 400 g/mol. The lowest BCUT2D eigenvalue weighted by atomic mass is 9.97. The summed E-state index contributed by atoms with van der Waals surface area (Å²) in [5, 5.41) is 0.620. The van der Waals surface area contributed by atoms with Crippen LogP contribution in [0.15, 0.2) is 30.3 Å². The predicted octanol–water partition coefficient (Wildman–Crippen LogP) is 4.50. The molecule has 0 saturated heterocycles. The maximum atomic E-state index is 13.6. The predicted molar refractivity (Wildman–Crippen MR) is 115 cm³/mol. The van der Waals surface area contributed by atoms with E-state index in [9.17, 15) is 9.18 Å². The Hall–Kier alpha value is -2.31. The second-order valence-electron chi connectivity index (χ2n) is 7.51. The van der Waals surface area contributed by atoms with Crippen LogP contribution in [-0.2, 0) is 11.2 Å². The zero-order chi connectivity index (χ0) is 20.4. The number of fused-ring (bicyclic) bond motifs is 1. The third-order valence-electron chi connectivity index (χ3n) is 4.81. The van der Waals surface area contributed by atoms with E-state index < -0.39 is 0 Å². The van der Waals surface area contributed by atoms with Crippen LogP contribution in [0, 0.1) is 26.6 Å². The molecule has 0 spiro atoms. The normalized spacial score (nSPS) is 11.4. The van der Waals surface area contributed by atoms with Crippen LogP contribution in [0.1, 0.15) is 22.3 Å². The van der Waals surface area contributed by atoms with Gasteiger partial charge in [0.05, 0.1) is 16.6 Å². The summed E-state index contributed by atoms with van der Waals surface area (Å²) in [4.78, 5) is 21.6. The summed E-state index contributed by atoms with van der Waals surface area (Å²) in [6.07, 6.45) is 0.329. The van der Waals surface area contributed by atoms with Crippen LogP contribution in [0.25, 0.3) is 10.2 Å². The molecular weight excluding hydrogens is 373 g/mol. The van der Waals surface area contributed by atoms with E-state index >= 15 is 0 Å². The minimum Gasteiger partial charge on any atom is -0.308 e. The van der Waals surface area contributed by atoms with Gasteiger partial charge in [-0.1, -0.05) is 29.0 Å². The molecule has 0 aliphatic carbocycles. The quantitative estimate of drug-likeness (QED) is 0.612. The summed E-state index contributed by atoms with van der Waals surface area (Å²) in [5.74, 6) is -0.281. The Morgan fingerprint density at radius 1 is 1.07 bits per heavy atom. The fourth-order valence-corrected chi connectivity index (χ4v) is 4.40. The minimum absolute atomic E-state index is 0.0106. The lowest BCUT2D eigenvalue weighted by Crippen LogP contribution is -2.37. The first-order valence-electron chi connectivity index (χ1n) is 9.32. The van der Waals surface area contributed by atoms with E-state index in [4.69, 9.17) is 0 Å². The van der Waals surface area contributed by atoms with Gasteiger partial charge in [0.15, 0.2) is 5.13 Å². The van der Waals surface area contributed by atoms with E-state index in [2.05, 4.69) is 24.0 Å². The van der Waals surface area contributed by atoms with Gasteiger partial charge in [0.2, 0.25) is 5.91 Å². The lowest BCUT2D eigenvalue weighted by Gasteiger charge is -2.23. The van der Waals surface area contributed by atoms with Crippen molar-refractivity contribution in [1.29, 1.82) is 0 Å². The number of amides is 1. The molecule has 0 atom stereocenters. The first kappa shape index (κ1) is 20.4. The van der Waals surface area contributed by atoms with Crippen molar-refractivity contribution in [2.24, 2.45) is 0 Å². The molecule has 3 aromatic rings. The van der Waals surface area contributed by atoms with Gasteiger partial charge in [-0.25, -0.2) is 9.37 Å². The fraction of sp³-hybridized carbons (Fsp3) is 0.364. The number of carbonyl (C=O) groups is 1. The second kappa shape index (κ2) is 8.37. The van der Waals surface area contributed by atoms with Gasteiger partial charge < -0.3 is 4.90 Å². The number of aromatic nitrogens is 1. The largest absolute Gasteiger partial charge is 0.308 e. The number of aryl methyl sites for hydroxylation is 3. The molecule has 0 saturated carbocycles. The summed E-state index contributed by atoms with van der Waals surface area (Å²) < 4.78 is 14.3. The van der Waals surface area contributed by atoms with Crippen LogP contribution in [0.4, 0.5) is 9.52 Å². The van der Waals surface area contributed by atoms with E-state index in [-0.39, 0.29) is 11.7 Å². The maximum Gasteiger partial charge on any atom is 0.233 e. The summed E-state index contributed by atoms with van der Waals surface area (Å²) >= 11 is 1.36. The van der Waals surface area contributed by atoms with Crippen molar-refractivity contribution >= 4 is 32.6 Å². The highest BCUT2D eigenvalue weighted by molar-refractivity contribution is 7.22. The number of nitrogens with zero attached hydrogens (tertiary/aromatic N) is 3. The smallest absolute Gasteiger partial charge is 0.233 e. The van der Waals surface area contributed by atoms with Gasteiger partial charge in [0.25, 0.3) is 0 Å². The van der Waals surface area contributed by atoms with Gasteiger partial charge in [0.1, 0.15) is 5.82 Å². The number of likely N-dealkylation sites (N-methyl/N-ethyl adjacent to an activating group) is 1. The van der Waals surface area contributed by atoms with Crippen molar-refractivity contribution in [3.05, 3.63) is 58.4 Å². The highest BCUT2D eigenvalue weighted by atomic mass is 32.1. The molecule has 1 amide bonds. The zero-order valence-electron chi connectivity index (χ0n) is 17.0. The van der Waals surface area contributed by atoms with Crippen LogP contribution >= 0.6 is 11.3 Å². The number of carbonyl (C=O) groups excluding carboxylic acids is 1. The molecule has 0 bridgehead atoms. The van der Waals surface area contributed by atoms with Gasteiger partial charge in [-0.2, -0.15) is 0 Å². The number of anilines is 1. The van der Waals surface area contributed by atoms with Gasteiger partial charge in [-0.15, -0.1) is 0 Å². The van der Waals surface area contributed by atoms with Crippen molar-refractivity contribution in [1.82, 2.24) is 9.88 Å². The Balaban J connectivity index is 1.93. The Kier molecular flexibility index (Phi) is 6.10. The first-order valence-corrected chi connectivity index (χ1v) is 10.1. The monoisotopic (exact) mass is 399 g/mol. The molecule has 0 radical (unpaired) electrons. The van der Waals surface area contributed by atoms with Crippen LogP contribution in [0.3, 0.4) is 0 Å². The highest BCUT2D eigenvalue weighted by Crippen LogP contribution is 2.30. The molecule has 1 heterocycles. The Morgan fingerprint density at radius 2 is 1.75 bits per heavy atom. The zero-order valence-corrected chi connectivity index (χ0v) is 17.9. The van der Waals surface area contributed by atoms with E-state index in [1.165, 1.54) is 29.0 Å². The number of halogens is 1. The Labute approximate surface area is 169 Å². The van der Waals surface area contributed by atoms with E-state index in [0.29, 0.717) is 23.6 Å². The molecule has 0 aliphatic heterocycles. The molecule has 0 fully saturated rings. The lowest BCUT2D eigenvalue weighted by molar-refractivity contribution is -0.118. The molecule has 2 aromatic carbocycles. The molecule has 0 aliphatic rings. The number of hydrogen-bond donors (Lipinski definition) is 0. The standard InChI is InChI=1S/C22H26FN3OS/c1-14-10-15(2)18(16(3)11-14)13-21(27)26(9-8-25(4)5)22-24-19-7-6-17(23)12-20(19)28-22/h6-7,10-12H,8-9,13H2,1-5H3. The van der Waals surface area contributed by atoms with Crippen molar-refractivity contribution in [3.63, 3.8) is 0 Å². The maximum absolute atomic E-state index is 13.6. The van der Waals surface area contributed by atoms with Crippen molar-refractivity contribution in [3.8, 4) is 0 Å². The van der Waals surface area contributed by atoms with Gasteiger partial charge in [-0.3, -0.25) is 9.69 Å².